The van der Waals surface area contributed by atoms with Crippen LogP contribution in [0.2, 0.25) is 0 Å². The molecule has 24 heavy (non-hydrogen) atoms. The van der Waals surface area contributed by atoms with Gasteiger partial charge in [-0.05, 0) is 52.2 Å². The minimum absolute atomic E-state index is 0.0449. The maximum atomic E-state index is 11.8. The second-order valence-corrected chi connectivity index (χ2v) is 6.22. The van der Waals surface area contributed by atoms with Crippen molar-refractivity contribution in [2.45, 2.75) is 46.5 Å². The maximum Gasteiger partial charge on any atom is 0.309 e. The zero-order valence-electron chi connectivity index (χ0n) is 16.0. The van der Waals surface area contributed by atoms with Crippen LogP contribution in [-0.2, 0) is 9.53 Å². The van der Waals surface area contributed by atoms with Gasteiger partial charge in [0.1, 0.15) is 0 Å². The second-order valence-electron chi connectivity index (χ2n) is 6.22. The van der Waals surface area contributed by atoms with Crippen molar-refractivity contribution in [1.82, 2.24) is 15.1 Å². The molecule has 0 saturated carbocycles. The van der Waals surface area contributed by atoms with Crippen LogP contribution in [0.1, 0.15) is 46.5 Å². The molecule has 0 aromatic heterocycles. The lowest BCUT2D eigenvalue weighted by Gasteiger charge is -2.33. The third-order valence-corrected chi connectivity index (χ3v) is 4.70. The lowest BCUT2D eigenvalue weighted by molar-refractivity contribution is -0.149. The largest absolute Gasteiger partial charge is 0.466 e. The molecule has 0 aliphatic carbocycles. The molecule has 1 N–H and O–H groups in total. The van der Waals surface area contributed by atoms with Crippen molar-refractivity contribution in [3.05, 3.63) is 0 Å². The number of likely N-dealkylation sites (tertiary alicyclic amines) is 1. The third kappa shape index (κ3) is 7.07. The standard InChI is InChI=1S/C18H36N4O2/c1-5-21(6-2)13-9-8-12-20-18(19-4)22-14-10-16(11-15-22)17(23)24-7-3/h16H,5-15H2,1-4H3,(H,19,20). The van der Waals surface area contributed by atoms with Gasteiger partial charge in [0.25, 0.3) is 0 Å². The predicted molar refractivity (Wildman–Crippen MR) is 99.3 cm³/mol. The smallest absolute Gasteiger partial charge is 0.309 e. The Labute approximate surface area is 147 Å². The molecule has 0 radical (unpaired) electrons. The van der Waals surface area contributed by atoms with Crippen LogP contribution in [0.3, 0.4) is 0 Å². The maximum absolute atomic E-state index is 11.8. The molecule has 6 nitrogen and oxygen atoms in total. The molecule has 0 atom stereocenters. The molecule has 1 saturated heterocycles. The third-order valence-electron chi connectivity index (χ3n) is 4.70. The van der Waals surface area contributed by atoms with E-state index in [1.807, 2.05) is 14.0 Å². The topological polar surface area (TPSA) is 57.2 Å². The first-order valence-electron chi connectivity index (χ1n) is 9.50. The number of piperidine rings is 1. The number of esters is 1. The van der Waals surface area contributed by atoms with E-state index < -0.39 is 0 Å². The van der Waals surface area contributed by atoms with Gasteiger partial charge in [-0.3, -0.25) is 9.79 Å². The van der Waals surface area contributed by atoms with Crippen LogP contribution in [0.5, 0.6) is 0 Å². The molecule has 0 spiro atoms. The van der Waals surface area contributed by atoms with Gasteiger partial charge in [0.05, 0.1) is 12.5 Å². The van der Waals surface area contributed by atoms with Crippen LogP contribution >= 0.6 is 0 Å². The fourth-order valence-corrected chi connectivity index (χ4v) is 3.12. The Hall–Kier alpha value is -1.30. The highest BCUT2D eigenvalue weighted by Crippen LogP contribution is 2.18. The predicted octanol–water partition coefficient (Wildman–Crippen LogP) is 1.96. The first kappa shape index (κ1) is 20.7. The van der Waals surface area contributed by atoms with E-state index in [2.05, 4.69) is 34.0 Å². The first-order chi connectivity index (χ1) is 11.7. The van der Waals surface area contributed by atoms with Crippen molar-refractivity contribution in [2.75, 3.05) is 52.9 Å². The van der Waals surface area contributed by atoms with E-state index in [-0.39, 0.29) is 11.9 Å². The Morgan fingerprint density at radius 1 is 1.21 bits per heavy atom. The number of guanidine groups is 1. The van der Waals surface area contributed by atoms with Crippen LogP contribution in [0.4, 0.5) is 0 Å². The normalized spacial score (nSPS) is 16.5. The summed E-state index contributed by atoms with van der Waals surface area (Å²) < 4.78 is 5.13. The second kappa shape index (κ2) is 12.1. The summed E-state index contributed by atoms with van der Waals surface area (Å²) in [5, 5.41) is 3.46. The van der Waals surface area contributed by atoms with Crippen molar-refractivity contribution in [1.29, 1.82) is 0 Å². The van der Waals surface area contributed by atoms with Crippen LogP contribution in [-0.4, -0.2) is 74.7 Å². The van der Waals surface area contributed by atoms with Crippen molar-refractivity contribution >= 4 is 11.9 Å². The van der Waals surface area contributed by atoms with Gasteiger partial charge in [0.15, 0.2) is 5.96 Å². The van der Waals surface area contributed by atoms with E-state index >= 15 is 0 Å². The number of carbonyl (C=O) groups is 1. The Kier molecular flexibility index (Phi) is 10.5. The number of unbranched alkanes of at least 4 members (excludes halogenated alkanes) is 1. The number of aliphatic imine (C=N–C) groups is 1. The van der Waals surface area contributed by atoms with E-state index in [1.54, 1.807) is 0 Å². The molecule has 6 heteroatoms. The lowest BCUT2D eigenvalue weighted by atomic mass is 9.97. The molecule has 1 fully saturated rings. The zero-order chi connectivity index (χ0) is 17.8. The highest BCUT2D eigenvalue weighted by molar-refractivity contribution is 5.80. The molecule has 0 amide bonds. The summed E-state index contributed by atoms with van der Waals surface area (Å²) in [6, 6.07) is 0. The van der Waals surface area contributed by atoms with Gasteiger partial charge in [0.2, 0.25) is 0 Å². The Balaban J connectivity index is 2.25. The van der Waals surface area contributed by atoms with Crippen LogP contribution in [0.15, 0.2) is 4.99 Å². The fraction of sp³-hybridized carbons (Fsp3) is 0.889. The monoisotopic (exact) mass is 340 g/mol. The molecule has 0 bridgehead atoms. The number of hydrogen-bond acceptors (Lipinski definition) is 4. The first-order valence-corrected chi connectivity index (χ1v) is 9.50. The summed E-state index contributed by atoms with van der Waals surface area (Å²) in [5.74, 6) is 0.963. The summed E-state index contributed by atoms with van der Waals surface area (Å²) in [6.07, 6.45) is 4.05. The average molecular weight is 341 g/mol. The minimum Gasteiger partial charge on any atom is -0.466 e. The molecule has 1 aliphatic heterocycles. The summed E-state index contributed by atoms with van der Waals surface area (Å²) in [4.78, 5) is 20.9. The summed E-state index contributed by atoms with van der Waals surface area (Å²) in [5.41, 5.74) is 0. The Morgan fingerprint density at radius 2 is 1.88 bits per heavy atom. The number of hydrogen-bond donors (Lipinski definition) is 1. The number of nitrogens with zero attached hydrogens (tertiary/aromatic N) is 3. The van der Waals surface area contributed by atoms with Crippen LogP contribution in [0.25, 0.3) is 0 Å². The molecule has 0 aromatic rings. The molecule has 0 aromatic carbocycles. The number of nitrogens with one attached hydrogen (secondary N) is 1. The zero-order valence-corrected chi connectivity index (χ0v) is 16.0. The van der Waals surface area contributed by atoms with E-state index in [0.29, 0.717) is 6.61 Å². The van der Waals surface area contributed by atoms with E-state index in [0.717, 1.165) is 64.5 Å². The van der Waals surface area contributed by atoms with Crippen LogP contribution in [0, 0.1) is 5.92 Å². The van der Waals surface area contributed by atoms with Gasteiger partial charge in [-0.15, -0.1) is 0 Å². The molecule has 0 unspecified atom stereocenters. The lowest BCUT2D eigenvalue weighted by Crippen LogP contribution is -2.47. The van der Waals surface area contributed by atoms with E-state index in [4.69, 9.17) is 4.74 Å². The van der Waals surface area contributed by atoms with Gasteiger partial charge in [-0.1, -0.05) is 13.8 Å². The summed E-state index contributed by atoms with van der Waals surface area (Å²) >= 11 is 0. The van der Waals surface area contributed by atoms with Gasteiger partial charge in [0, 0.05) is 26.7 Å². The number of ether oxygens (including phenoxy) is 1. The Morgan fingerprint density at radius 3 is 2.42 bits per heavy atom. The van der Waals surface area contributed by atoms with Gasteiger partial charge in [-0.2, -0.15) is 0 Å². The summed E-state index contributed by atoms with van der Waals surface area (Å²) in [6.45, 7) is 12.8. The van der Waals surface area contributed by atoms with Crippen LogP contribution < -0.4 is 5.32 Å². The molecule has 1 heterocycles. The molecule has 1 aliphatic rings. The molecule has 1 rings (SSSR count). The average Bonchev–Trinajstić information content (AvgIpc) is 2.62. The SMILES string of the molecule is CCOC(=O)C1CCN(C(=NC)NCCCCN(CC)CC)CC1. The van der Waals surface area contributed by atoms with E-state index in [9.17, 15) is 4.79 Å². The van der Waals surface area contributed by atoms with Gasteiger partial charge < -0.3 is 19.9 Å². The van der Waals surface area contributed by atoms with Crippen molar-refractivity contribution in [2.24, 2.45) is 10.9 Å². The highest BCUT2D eigenvalue weighted by Gasteiger charge is 2.27. The van der Waals surface area contributed by atoms with Crippen molar-refractivity contribution < 1.29 is 9.53 Å². The van der Waals surface area contributed by atoms with Gasteiger partial charge in [-0.25, -0.2) is 0 Å². The van der Waals surface area contributed by atoms with Crippen molar-refractivity contribution in [3.8, 4) is 0 Å². The van der Waals surface area contributed by atoms with Gasteiger partial charge >= 0.3 is 5.97 Å². The number of carbonyl (C=O) groups excluding carboxylic acids is 1. The van der Waals surface area contributed by atoms with E-state index in [1.165, 1.54) is 6.42 Å². The Bertz CT molecular complexity index is 375. The quantitative estimate of drug-likeness (QED) is 0.301. The summed E-state index contributed by atoms with van der Waals surface area (Å²) in [7, 11) is 1.83. The highest BCUT2D eigenvalue weighted by atomic mass is 16.5. The van der Waals surface area contributed by atoms with Crippen molar-refractivity contribution in [3.63, 3.8) is 0 Å². The minimum atomic E-state index is -0.0449. The number of rotatable bonds is 9. The molecular formula is C18H36N4O2. The fourth-order valence-electron chi connectivity index (χ4n) is 3.12. The molecular weight excluding hydrogens is 304 g/mol. The molecule has 140 valence electrons.